The number of hydrogen-bond donors (Lipinski definition) is 3. The first kappa shape index (κ1) is 28.8. The van der Waals surface area contributed by atoms with Gasteiger partial charge in [0.05, 0.1) is 30.7 Å². The van der Waals surface area contributed by atoms with Crippen molar-refractivity contribution in [2.75, 3.05) is 37.9 Å². The lowest BCUT2D eigenvalue weighted by Crippen LogP contribution is -2.52. The molecular weight excluding hydrogens is 540 g/mol. The molecule has 3 heterocycles. The minimum Gasteiger partial charge on any atom is -0.494 e. The first-order chi connectivity index (χ1) is 20.0. The minimum absolute atomic E-state index is 0.0113. The van der Waals surface area contributed by atoms with Gasteiger partial charge in [-0.25, -0.2) is 4.79 Å². The second-order valence-electron chi connectivity index (χ2n) is 11.5. The number of likely N-dealkylation sites (tertiary alicyclic amines) is 1. The zero-order chi connectivity index (χ0) is 30.2. The Morgan fingerprint density at radius 3 is 2.45 bits per heavy atom. The number of nitrogens with one attached hydrogen (secondary N) is 3. The number of aromatic nitrogens is 4. The van der Waals surface area contributed by atoms with Crippen molar-refractivity contribution in [3.63, 3.8) is 0 Å². The fourth-order valence-electron chi connectivity index (χ4n) is 4.67. The Kier molecular flexibility index (Phi) is 7.76. The van der Waals surface area contributed by atoms with Crippen molar-refractivity contribution in [2.45, 2.75) is 52.2 Å². The molecule has 13 heteroatoms. The van der Waals surface area contributed by atoms with Crippen molar-refractivity contribution in [3.8, 4) is 16.9 Å². The molecule has 1 saturated carbocycles. The first-order valence-electron chi connectivity index (χ1n) is 13.8. The van der Waals surface area contributed by atoms with Crippen LogP contribution in [-0.4, -0.2) is 75.6 Å². The zero-order valence-electron chi connectivity index (χ0n) is 24.6. The van der Waals surface area contributed by atoms with Crippen LogP contribution in [0.2, 0.25) is 0 Å². The second-order valence-corrected chi connectivity index (χ2v) is 11.5. The number of methoxy groups -OCH3 is 1. The van der Waals surface area contributed by atoms with Crippen LogP contribution >= 0.6 is 0 Å². The summed E-state index contributed by atoms with van der Waals surface area (Å²) >= 11 is 0. The normalized spacial score (nSPS) is 15.0. The number of anilines is 3. The molecule has 0 bridgehead atoms. The molecule has 3 aromatic rings. The summed E-state index contributed by atoms with van der Waals surface area (Å²) in [5.74, 6) is 0.231. The minimum atomic E-state index is -0.548. The summed E-state index contributed by atoms with van der Waals surface area (Å²) in [4.78, 5) is 38.9. The van der Waals surface area contributed by atoms with Crippen molar-refractivity contribution in [1.82, 2.24) is 30.2 Å². The summed E-state index contributed by atoms with van der Waals surface area (Å²) < 4.78 is 13.2. The van der Waals surface area contributed by atoms with E-state index in [1.165, 1.54) is 7.05 Å². The second kappa shape index (κ2) is 11.3. The van der Waals surface area contributed by atoms with Crippen LogP contribution < -0.4 is 20.7 Å². The monoisotopic (exact) mass is 576 g/mol. The molecule has 0 unspecified atom stereocenters. The van der Waals surface area contributed by atoms with Gasteiger partial charge in [0.25, 0.3) is 5.91 Å². The number of nitrogens with zero attached hydrogens (tertiary/aromatic N) is 5. The van der Waals surface area contributed by atoms with Crippen molar-refractivity contribution in [2.24, 2.45) is 5.92 Å². The predicted molar refractivity (Wildman–Crippen MR) is 156 cm³/mol. The molecule has 2 aromatic heterocycles. The molecule has 0 spiro atoms. The molecule has 1 aliphatic carbocycles. The van der Waals surface area contributed by atoms with E-state index in [0.717, 1.165) is 29.5 Å². The van der Waals surface area contributed by atoms with Gasteiger partial charge in [0.15, 0.2) is 11.5 Å². The number of hydrogen-bond acceptors (Lipinski definition) is 9. The van der Waals surface area contributed by atoms with Crippen LogP contribution in [0.15, 0.2) is 30.6 Å². The van der Waals surface area contributed by atoms with Crippen molar-refractivity contribution in [3.05, 3.63) is 41.9 Å². The van der Waals surface area contributed by atoms with Gasteiger partial charge in [-0.1, -0.05) is 6.07 Å². The molecule has 42 heavy (non-hydrogen) atoms. The van der Waals surface area contributed by atoms with Gasteiger partial charge in [-0.05, 0) is 52.2 Å². The lowest BCUT2D eigenvalue weighted by Gasteiger charge is -2.39. The van der Waals surface area contributed by atoms with Crippen molar-refractivity contribution in [1.29, 1.82) is 0 Å². The van der Waals surface area contributed by atoms with Gasteiger partial charge in [-0.2, -0.15) is 5.10 Å². The van der Waals surface area contributed by atoms with Crippen LogP contribution in [-0.2, 0) is 9.53 Å². The van der Waals surface area contributed by atoms with E-state index in [1.807, 2.05) is 50.7 Å². The molecule has 5 rings (SSSR count). The molecule has 1 saturated heterocycles. The van der Waals surface area contributed by atoms with E-state index in [-0.39, 0.29) is 35.5 Å². The van der Waals surface area contributed by atoms with E-state index >= 15 is 0 Å². The Labute approximate surface area is 244 Å². The summed E-state index contributed by atoms with van der Waals surface area (Å²) in [6, 6.07) is 5.40. The summed E-state index contributed by atoms with van der Waals surface area (Å²) in [6.45, 7) is 8.52. The highest BCUT2D eigenvalue weighted by Crippen LogP contribution is 2.41. The summed E-state index contributed by atoms with van der Waals surface area (Å²) in [5, 5.41) is 21.3. The Morgan fingerprint density at radius 1 is 1.07 bits per heavy atom. The third kappa shape index (κ3) is 6.14. The lowest BCUT2D eigenvalue weighted by atomic mass is 10.0. The quantitative estimate of drug-likeness (QED) is 0.362. The highest BCUT2D eigenvalue weighted by molar-refractivity contribution is 6.00. The van der Waals surface area contributed by atoms with Gasteiger partial charge < -0.3 is 30.3 Å². The first-order valence-corrected chi connectivity index (χ1v) is 13.8. The molecule has 2 aliphatic rings. The van der Waals surface area contributed by atoms with Crippen molar-refractivity contribution >= 4 is 35.1 Å². The zero-order valence-corrected chi connectivity index (χ0v) is 24.6. The number of benzene rings is 1. The third-order valence-corrected chi connectivity index (χ3v) is 7.05. The van der Waals surface area contributed by atoms with Crippen molar-refractivity contribution < 1.29 is 23.9 Å². The fraction of sp³-hybridized carbons (Fsp3) is 0.448. The average Bonchev–Trinajstić information content (AvgIpc) is 3.66. The van der Waals surface area contributed by atoms with E-state index in [2.05, 4.69) is 31.2 Å². The molecule has 3 N–H and O–H groups in total. The maximum absolute atomic E-state index is 12.6. The van der Waals surface area contributed by atoms with E-state index in [1.54, 1.807) is 24.3 Å². The molecule has 0 atom stereocenters. The number of rotatable bonds is 8. The number of amides is 3. The average molecular weight is 577 g/mol. The van der Waals surface area contributed by atoms with Gasteiger partial charge in [0.1, 0.15) is 11.4 Å². The van der Waals surface area contributed by atoms with E-state index in [9.17, 15) is 14.4 Å². The molecule has 222 valence electrons. The molecule has 13 nitrogen and oxygen atoms in total. The van der Waals surface area contributed by atoms with Crippen LogP contribution in [0.3, 0.4) is 0 Å². The molecule has 0 radical (unpaired) electrons. The standard InChI is InChI=1S/C29H36N8O5/c1-16-7-10-20(32-21-11-22(33-26(38)17-8-9-17)34-35-24(21)27(39)30-5)25(41-6)23(16)18-12-31-37(13-18)19-14-36(15-19)28(40)42-29(2,3)4/h7,10-13,17,19H,8-9,14-15H2,1-6H3,(H,30,39)(H2,32,33,34,38). The molecule has 3 amide bonds. The maximum atomic E-state index is 12.6. The topological polar surface area (TPSA) is 153 Å². The Bertz CT molecular complexity index is 1520. The van der Waals surface area contributed by atoms with E-state index in [0.29, 0.717) is 30.2 Å². The Balaban J connectivity index is 1.40. The molecule has 1 aromatic carbocycles. The number of ether oxygens (including phenoxy) is 2. The molecule has 2 fully saturated rings. The van der Waals surface area contributed by atoms with Gasteiger partial charge in [-0.15, -0.1) is 10.2 Å². The molecular formula is C29H36N8O5. The molecule has 1 aliphatic heterocycles. The summed E-state index contributed by atoms with van der Waals surface area (Å²) in [7, 11) is 3.08. The van der Waals surface area contributed by atoms with E-state index in [4.69, 9.17) is 9.47 Å². The summed E-state index contributed by atoms with van der Waals surface area (Å²) in [6.07, 6.45) is 5.06. The smallest absolute Gasteiger partial charge is 0.410 e. The lowest BCUT2D eigenvalue weighted by molar-refractivity contribution is -0.117. The Morgan fingerprint density at radius 2 is 1.81 bits per heavy atom. The van der Waals surface area contributed by atoms with Gasteiger partial charge >= 0.3 is 6.09 Å². The van der Waals surface area contributed by atoms with Gasteiger partial charge in [0, 0.05) is 49.4 Å². The predicted octanol–water partition coefficient (Wildman–Crippen LogP) is 3.90. The SMILES string of the molecule is CNC(=O)c1nnc(NC(=O)C2CC2)cc1Nc1ccc(C)c(-c2cnn(C3CN(C(=O)OC(C)(C)C)C3)c2)c1OC. The van der Waals surface area contributed by atoms with Crippen LogP contribution in [0.5, 0.6) is 5.75 Å². The number of aryl methyl sites for hydroxylation is 1. The fourth-order valence-corrected chi connectivity index (χ4v) is 4.67. The van der Waals surface area contributed by atoms with E-state index < -0.39 is 11.5 Å². The van der Waals surface area contributed by atoms with Crippen LogP contribution in [0.4, 0.5) is 22.0 Å². The van der Waals surface area contributed by atoms with Crippen LogP contribution in [0.1, 0.15) is 55.7 Å². The Hall–Kier alpha value is -4.68. The highest BCUT2D eigenvalue weighted by atomic mass is 16.6. The maximum Gasteiger partial charge on any atom is 0.410 e. The largest absolute Gasteiger partial charge is 0.494 e. The van der Waals surface area contributed by atoms with Crippen LogP contribution in [0, 0.1) is 12.8 Å². The van der Waals surface area contributed by atoms with Gasteiger partial charge in [-0.3, -0.25) is 14.3 Å². The van der Waals surface area contributed by atoms with Gasteiger partial charge in [0.2, 0.25) is 5.91 Å². The highest BCUT2D eigenvalue weighted by Gasteiger charge is 2.35. The third-order valence-electron chi connectivity index (χ3n) is 7.05. The number of carbonyl (C=O) groups excluding carboxylic acids is 3. The van der Waals surface area contributed by atoms with Crippen LogP contribution in [0.25, 0.3) is 11.1 Å². The number of carbonyl (C=O) groups is 3. The summed E-state index contributed by atoms with van der Waals surface area (Å²) in [5.41, 5.74) is 3.08.